The van der Waals surface area contributed by atoms with Crippen molar-refractivity contribution in [2.75, 3.05) is 6.26 Å². The molecule has 0 atom stereocenters. The molecule has 0 saturated carbocycles. The van der Waals surface area contributed by atoms with Crippen molar-refractivity contribution in [3.63, 3.8) is 0 Å². The van der Waals surface area contributed by atoms with E-state index in [1.165, 1.54) is 29.2 Å². The molecule has 1 aromatic heterocycles. The molecule has 0 saturated heterocycles. The van der Waals surface area contributed by atoms with Gasteiger partial charge in [-0.15, -0.1) is 10.2 Å². The van der Waals surface area contributed by atoms with Gasteiger partial charge in [-0.05, 0) is 24.0 Å². The molecular formula is C11H8FN3S3. The van der Waals surface area contributed by atoms with E-state index in [0.717, 1.165) is 8.68 Å². The molecule has 0 radical (unpaired) electrons. The van der Waals surface area contributed by atoms with E-state index in [4.69, 9.17) is 5.26 Å². The zero-order valence-corrected chi connectivity index (χ0v) is 11.8. The molecule has 0 bridgehead atoms. The van der Waals surface area contributed by atoms with E-state index >= 15 is 0 Å². The van der Waals surface area contributed by atoms with Crippen LogP contribution in [0.2, 0.25) is 0 Å². The summed E-state index contributed by atoms with van der Waals surface area (Å²) in [6.07, 6.45) is 1.94. The minimum Gasteiger partial charge on any atom is -0.207 e. The van der Waals surface area contributed by atoms with Gasteiger partial charge in [-0.25, -0.2) is 4.39 Å². The number of nitriles is 1. The lowest BCUT2D eigenvalue weighted by atomic mass is 10.1. The highest BCUT2D eigenvalue weighted by atomic mass is 32.2. The summed E-state index contributed by atoms with van der Waals surface area (Å²) in [4.78, 5) is 0. The van der Waals surface area contributed by atoms with Gasteiger partial charge in [0.05, 0.1) is 11.6 Å². The van der Waals surface area contributed by atoms with Crippen molar-refractivity contribution in [3.05, 3.63) is 35.1 Å². The maximum absolute atomic E-state index is 13.6. The zero-order chi connectivity index (χ0) is 13.0. The van der Waals surface area contributed by atoms with Gasteiger partial charge in [0.25, 0.3) is 0 Å². The third kappa shape index (κ3) is 3.22. The highest BCUT2D eigenvalue weighted by Gasteiger charge is 2.07. The molecule has 0 aliphatic heterocycles. The lowest BCUT2D eigenvalue weighted by molar-refractivity contribution is 0.617. The Bertz CT molecular complexity index is 591. The highest BCUT2D eigenvalue weighted by molar-refractivity contribution is 8.02. The normalized spacial score (nSPS) is 10.3. The summed E-state index contributed by atoms with van der Waals surface area (Å²) in [5.74, 6) is 0.136. The summed E-state index contributed by atoms with van der Waals surface area (Å²) in [6, 6.07) is 6.42. The molecule has 0 amide bonds. The molecule has 0 N–H and O–H groups in total. The smallest absolute Gasteiger partial charge is 0.175 e. The molecule has 0 aliphatic rings. The van der Waals surface area contributed by atoms with Crippen LogP contribution in [-0.2, 0) is 5.75 Å². The van der Waals surface area contributed by atoms with Gasteiger partial charge in [0, 0.05) is 5.75 Å². The standard InChI is InChI=1S/C11H8FN3S3/c1-16-10-14-15-11(18-10)17-6-8-3-2-7(5-13)4-9(8)12/h2-4H,6H2,1H3. The van der Waals surface area contributed by atoms with Gasteiger partial charge in [-0.3, -0.25) is 0 Å². The number of benzene rings is 1. The van der Waals surface area contributed by atoms with E-state index < -0.39 is 0 Å². The predicted molar refractivity (Wildman–Crippen MR) is 72.4 cm³/mol. The number of nitrogens with zero attached hydrogens (tertiary/aromatic N) is 3. The number of aromatic nitrogens is 2. The van der Waals surface area contributed by atoms with Crippen LogP contribution in [-0.4, -0.2) is 16.5 Å². The summed E-state index contributed by atoms with van der Waals surface area (Å²) < 4.78 is 15.3. The fraction of sp³-hybridized carbons (Fsp3) is 0.182. The molecule has 0 fully saturated rings. The van der Waals surface area contributed by atoms with E-state index in [1.54, 1.807) is 23.9 Å². The molecule has 2 aromatic rings. The van der Waals surface area contributed by atoms with E-state index in [9.17, 15) is 4.39 Å². The van der Waals surface area contributed by atoms with Crippen molar-refractivity contribution in [1.29, 1.82) is 5.26 Å². The van der Waals surface area contributed by atoms with E-state index in [1.807, 2.05) is 12.3 Å². The molecule has 7 heteroatoms. The highest BCUT2D eigenvalue weighted by Crippen LogP contribution is 2.30. The van der Waals surface area contributed by atoms with Gasteiger partial charge >= 0.3 is 0 Å². The van der Waals surface area contributed by atoms with Gasteiger partial charge in [0.2, 0.25) is 0 Å². The number of rotatable bonds is 4. The molecule has 0 spiro atoms. The Hall–Kier alpha value is -1.10. The second-order valence-electron chi connectivity index (χ2n) is 3.24. The van der Waals surface area contributed by atoms with E-state index in [2.05, 4.69) is 10.2 Å². The van der Waals surface area contributed by atoms with Crippen LogP contribution in [0.5, 0.6) is 0 Å². The summed E-state index contributed by atoms with van der Waals surface area (Å²) in [5.41, 5.74) is 0.904. The number of hydrogen-bond donors (Lipinski definition) is 0. The topological polar surface area (TPSA) is 49.6 Å². The van der Waals surface area contributed by atoms with Crippen molar-refractivity contribution in [1.82, 2.24) is 10.2 Å². The Morgan fingerprint density at radius 2 is 2.17 bits per heavy atom. The second-order valence-corrected chi connectivity index (χ2v) is 6.50. The van der Waals surface area contributed by atoms with Crippen molar-refractivity contribution in [3.8, 4) is 6.07 Å². The van der Waals surface area contributed by atoms with Crippen LogP contribution in [0.4, 0.5) is 4.39 Å². The molecule has 1 heterocycles. The van der Waals surface area contributed by atoms with E-state index in [0.29, 0.717) is 16.9 Å². The predicted octanol–water partition coefficient (Wildman–Crippen LogP) is 3.56. The molecule has 2 rings (SSSR count). The first-order valence-electron chi connectivity index (χ1n) is 4.91. The van der Waals surface area contributed by atoms with Gasteiger partial charge in [-0.2, -0.15) is 5.26 Å². The van der Waals surface area contributed by atoms with Crippen LogP contribution in [0.1, 0.15) is 11.1 Å². The molecule has 3 nitrogen and oxygen atoms in total. The molecule has 1 aromatic carbocycles. The number of halogens is 1. The minimum atomic E-state index is -0.351. The molecular weight excluding hydrogens is 289 g/mol. The first-order valence-corrected chi connectivity index (χ1v) is 7.94. The van der Waals surface area contributed by atoms with Gasteiger partial charge in [0.1, 0.15) is 5.82 Å². The summed E-state index contributed by atoms with van der Waals surface area (Å²) in [6.45, 7) is 0. The summed E-state index contributed by atoms with van der Waals surface area (Å²) in [7, 11) is 0. The summed E-state index contributed by atoms with van der Waals surface area (Å²) >= 11 is 4.48. The Labute approximate surface area is 116 Å². The van der Waals surface area contributed by atoms with Crippen LogP contribution >= 0.6 is 34.9 Å². The van der Waals surface area contributed by atoms with Crippen molar-refractivity contribution >= 4 is 34.9 Å². The zero-order valence-electron chi connectivity index (χ0n) is 9.38. The minimum absolute atomic E-state index is 0.335. The average molecular weight is 297 g/mol. The largest absolute Gasteiger partial charge is 0.207 e. The van der Waals surface area contributed by atoms with Crippen molar-refractivity contribution < 1.29 is 4.39 Å². The molecule has 0 aliphatic carbocycles. The first-order chi connectivity index (χ1) is 8.72. The maximum atomic E-state index is 13.6. The van der Waals surface area contributed by atoms with Crippen LogP contribution in [0.3, 0.4) is 0 Å². The lowest BCUT2D eigenvalue weighted by Gasteiger charge is -2.01. The van der Waals surface area contributed by atoms with Crippen LogP contribution < -0.4 is 0 Å². The van der Waals surface area contributed by atoms with Gasteiger partial charge in [-0.1, -0.05) is 40.9 Å². The number of hydrogen-bond acceptors (Lipinski definition) is 6. The van der Waals surface area contributed by atoms with Crippen molar-refractivity contribution in [2.24, 2.45) is 0 Å². The Morgan fingerprint density at radius 1 is 1.39 bits per heavy atom. The Morgan fingerprint density at radius 3 is 2.78 bits per heavy atom. The van der Waals surface area contributed by atoms with Gasteiger partial charge in [0.15, 0.2) is 8.68 Å². The third-order valence-electron chi connectivity index (χ3n) is 2.10. The van der Waals surface area contributed by atoms with Crippen LogP contribution in [0, 0.1) is 17.1 Å². The Balaban J connectivity index is 2.04. The van der Waals surface area contributed by atoms with Crippen molar-refractivity contribution in [2.45, 2.75) is 14.4 Å². The monoisotopic (exact) mass is 297 g/mol. The third-order valence-corrected chi connectivity index (χ3v) is 5.18. The average Bonchev–Trinajstić information content (AvgIpc) is 2.85. The lowest BCUT2D eigenvalue weighted by Crippen LogP contribution is -1.88. The van der Waals surface area contributed by atoms with E-state index in [-0.39, 0.29) is 5.82 Å². The SMILES string of the molecule is CSc1nnc(SCc2ccc(C#N)cc2F)s1. The summed E-state index contributed by atoms with van der Waals surface area (Å²) in [5, 5.41) is 16.6. The van der Waals surface area contributed by atoms with Crippen LogP contribution in [0.15, 0.2) is 26.9 Å². The van der Waals surface area contributed by atoms with Gasteiger partial charge < -0.3 is 0 Å². The number of thioether (sulfide) groups is 2. The molecule has 0 unspecified atom stereocenters. The fourth-order valence-electron chi connectivity index (χ4n) is 1.21. The molecule has 92 valence electrons. The van der Waals surface area contributed by atoms with Crippen LogP contribution in [0.25, 0.3) is 0 Å². The fourth-order valence-corrected chi connectivity index (χ4v) is 3.64. The quantitative estimate of drug-likeness (QED) is 0.808. The maximum Gasteiger partial charge on any atom is 0.175 e. The molecule has 18 heavy (non-hydrogen) atoms. The first kappa shape index (κ1) is 13.3. The second kappa shape index (κ2) is 6.18. The Kier molecular flexibility index (Phi) is 4.58.